The standard InChI is InChI=1S/C15H19BrClNO3/c16-11-5-6-14(13(17)9-11)21-10-15(20)18-7-1-3-12(18)4-2-8-19/h5-6,9,12,19H,1-4,7-8,10H2. The summed E-state index contributed by atoms with van der Waals surface area (Å²) in [6.45, 7) is 0.937. The van der Waals surface area contributed by atoms with E-state index in [9.17, 15) is 4.79 Å². The average molecular weight is 377 g/mol. The van der Waals surface area contributed by atoms with Gasteiger partial charge in [0, 0.05) is 23.7 Å². The summed E-state index contributed by atoms with van der Waals surface area (Å²) in [4.78, 5) is 14.1. The molecule has 1 saturated heterocycles. The number of hydrogen-bond donors (Lipinski definition) is 1. The predicted octanol–water partition coefficient (Wildman–Crippen LogP) is 3.24. The second-order valence-corrected chi connectivity index (χ2v) is 6.44. The van der Waals surface area contributed by atoms with Crippen LogP contribution in [0, 0.1) is 0 Å². The highest BCUT2D eigenvalue weighted by atomic mass is 79.9. The van der Waals surface area contributed by atoms with Crippen LogP contribution in [0.4, 0.5) is 0 Å². The molecule has 21 heavy (non-hydrogen) atoms. The van der Waals surface area contributed by atoms with Crippen LogP contribution in [0.15, 0.2) is 22.7 Å². The van der Waals surface area contributed by atoms with Crippen molar-refractivity contribution in [3.8, 4) is 5.75 Å². The number of aliphatic hydroxyl groups is 1. The number of carbonyl (C=O) groups is 1. The summed E-state index contributed by atoms with van der Waals surface area (Å²) >= 11 is 9.39. The molecule has 1 aliphatic heterocycles. The molecule has 1 atom stereocenters. The van der Waals surface area contributed by atoms with Crippen molar-refractivity contribution in [3.05, 3.63) is 27.7 Å². The third kappa shape index (κ3) is 4.59. The fourth-order valence-electron chi connectivity index (χ4n) is 2.61. The van der Waals surface area contributed by atoms with Crippen LogP contribution in [0.5, 0.6) is 5.75 Å². The van der Waals surface area contributed by atoms with E-state index in [0.29, 0.717) is 10.8 Å². The van der Waals surface area contributed by atoms with Crippen molar-refractivity contribution in [2.75, 3.05) is 19.8 Å². The minimum Gasteiger partial charge on any atom is -0.482 e. The summed E-state index contributed by atoms with van der Waals surface area (Å²) in [6.07, 6.45) is 3.60. The molecule has 1 aromatic carbocycles. The Kier molecular flexibility index (Phi) is 6.33. The first kappa shape index (κ1) is 16.6. The number of benzene rings is 1. The van der Waals surface area contributed by atoms with E-state index >= 15 is 0 Å². The zero-order chi connectivity index (χ0) is 15.2. The Balaban J connectivity index is 1.88. The van der Waals surface area contributed by atoms with Gasteiger partial charge in [0.05, 0.1) is 5.02 Å². The molecule has 0 radical (unpaired) electrons. The van der Waals surface area contributed by atoms with Crippen molar-refractivity contribution in [2.45, 2.75) is 31.7 Å². The fraction of sp³-hybridized carbons (Fsp3) is 0.533. The summed E-state index contributed by atoms with van der Waals surface area (Å²) in [5.41, 5.74) is 0. The lowest BCUT2D eigenvalue weighted by atomic mass is 10.1. The number of aliphatic hydroxyl groups excluding tert-OH is 1. The van der Waals surface area contributed by atoms with Gasteiger partial charge in [0.1, 0.15) is 5.75 Å². The Morgan fingerprint density at radius 2 is 2.33 bits per heavy atom. The van der Waals surface area contributed by atoms with Gasteiger partial charge in [-0.25, -0.2) is 0 Å². The number of carbonyl (C=O) groups excluding carboxylic acids is 1. The second-order valence-electron chi connectivity index (χ2n) is 5.11. The maximum Gasteiger partial charge on any atom is 0.260 e. The SMILES string of the molecule is O=C(COc1ccc(Br)cc1Cl)N1CCCC1CCCO. The summed E-state index contributed by atoms with van der Waals surface area (Å²) in [6, 6.07) is 5.54. The number of likely N-dealkylation sites (tertiary alicyclic amines) is 1. The largest absolute Gasteiger partial charge is 0.482 e. The minimum absolute atomic E-state index is 0.00300. The van der Waals surface area contributed by atoms with Gasteiger partial charge in [-0.15, -0.1) is 0 Å². The molecule has 1 unspecified atom stereocenters. The van der Waals surface area contributed by atoms with Crippen LogP contribution >= 0.6 is 27.5 Å². The molecule has 2 rings (SSSR count). The molecule has 1 fully saturated rings. The van der Waals surface area contributed by atoms with E-state index in [1.165, 1.54) is 0 Å². The summed E-state index contributed by atoms with van der Waals surface area (Å²) in [7, 11) is 0. The smallest absolute Gasteiger partial charge is 0.260 e. The molecule has 1 heterocycles. The lowest BCUT2D eigenvalue weighted by molar-refractivity contribution is -0.134. The molecule has 1 aliphatic rings. The third-order valence-corrected chi connectivity index (χ3v) is 4.43. The summed E-state index contributed by atoms with van der Waals surface area (Å²) in [5.74, 6) is 0.494. The third-order valence-electron chi connectivity index (χ3n) is 3.64. The van der Waals surface area contributed by atoms with Gasteiger partial charge < -0.3 is 14.7 Å². The first-order valence-corrected chi connectivity index (χ1v) is 8.27. The van der Waals surface area contributed by atoms with Gasteiger partial charge in [-0.2, -0.15) is 0 Å². The van der Waals surface area contributed by atoms with Gasteiger partial charge in [-0.1, -0.05) is 27.5 Å². The van der Waals surface area contributed by atoms with E-state index in [2.05, 4.69) is 15.9 Å². The monoisotopic (exact) mass is 375 g/mol. The second kappa shape index (κ2) is 8.01. The van der Waals surface area contributed by atoms with Gasteiger partial charge in [-0.3, -0.25) is 4.79 Å². The normalized spacial score (nSPS) is 18.0. The zero-order valence-corrected chi connectivity index (χ0v) is 14.1. The van der Waals surface area contributed by atoms with Gasteiger partial charge in [-0.05, 0) is 43.9 Å². The maximum atomic E-state index is 12.3. The number of rotatable bonds is 6. The Morgan fingerprint density at radius 1 is 1.52 bits per heavy atom. The average Bonchev–Trinajstić information content (AvgIpc) is 2.92. The lowest BCUT2D eigenvalue weighted by Gasteiger charge is -2.24. The Hall–Kier alpha value is -0.780. The highest BCUT2D eigenvalue weighted by molar-refractivity contribution is 9.10. The lowest BCUT2D eigenvalue weighted by Crippen LogP contribution is -2.38. The van der Waals surface area contributed by atoms with Crippen LogP contribution in [0.3, 0.4) is 0 Å². The highest BCUT2D eigenvalue weighted by Crippen LogP contribution is 2.28. The molecule has 0 bridgehead atoms. The van der Waals surface area contributed by atoms with Crippen LogP contribution in [0.1, 0.15) is 25.7 Å². The molecule has 1 aromatic rings. The first-order valence-electron chi connectivity index (χ1n) is 7.10. The molecule has 4 nitrogen and oxygen atoms in total. The molecule has 0 spiro atoms. The van der Waals surface area contributed by atoms with E-state index in [1.807, 2.05) is 11.0 Å². The predicted molar refractivity (Wildman–Crippen MR) is 85.7 cm³/mol. The number of hydrogen-bond acceptors (Lipinski definition) is 3. The quantitative estimate of drug-likeness (QED) is 0.829. The number of nitrogens with zero attached hydrogens (tertiary/aromatic N) is 1. The molecule has 6 heteroatoms. The van der Waals surface area contributed by atoms with Crippen molar-refractivity contribution < 1.29 is 14.6 Å². The van der Waals surface area contributed by atoms with Crippen molar-refractivity contribution >= 4 is 33.4 Å². The van der Waals surface area contributed by atoms with Gasteiger partial charge in [0.15, 0.2) is 6.61 Å². The molecular formula is C15H19BrClNO3. The van der Waals surface area contributed by atoms with E-state index in [4.69, 9.17) is 21.4 Å². The van der Waals surface area contributed by atoms with E-state index in [-0.39, 0.29) is 25.2 Å². The molecule has 0 aliphatic carbocycles. The van der Waals surface area contributed by atoms with E-state index in [0.717, 1.165) is 36.7 Å². The number of ether oxygens (including phenoxy) is 1. The molecular weight excluding hydrogens is 358 g/mol. The Labute approximate surface area is 138 Å². The van der Waals surface area contributed by atoms with Gasteiger partial charge in [0.25, 0.3) is 5.91 Å². The van der Waals surface area contributed by atoms with Gasteiger partial charge >= 0.3 is 0 Å². The molecule has 1 amide bonds. The van der Waals surface area contributed by atoms with Crippen molar-refractivity contribution in [2.24, 2.45) is 0 Å². The highest BCUT2D eigenvalue weighted by Gasteiger charge is 2.28. The molecule has 116 valence electrons. The van der Waals surface area contributed by atoms with Crippen molar-refractivity contribution in [1.82, 2.24) is 4.90 Å². The van der Waals surface area contributed by atoms with Crippen LogP contribution in [0.25, 0.3) is 0 Å². The fourth-order valence-corrected chi connectivity index (χ4v) is 3.33. The minimum atomic E-state index is -0.0191. The molecule has 0 aromatic heterocycles. The Bertz CT molecular complexity index is 498. The summed E-state index contributed by atoms with van der Waals surface area (Å²) < 4.78 is 6.40. The van der Waals surface area contributed by atoms with Crippen molar-refractivity contribution in [3.63, 3.8) is 0 Å². The maximum absolute atomic E-state index is 12.3. The van der Waals surface area contributed by atoms with Crippen LogP contribution < -0.4 is 4.74 Å². The molecule has 1 N–H and O–H groups in total. The van der Waals surface area contributed by atoms with E-state index in [1.54, 1.807) is 12.1 Å². The first-order chi connectivity index (χ1) is 10.1. The summed E-state index contributed by atoms with van der Waals surface area (Å²) in [5, 5.41) is 9.39. The van der Waals surface area contributed by atoms with Crippen molar-refractivity contribution in [1.29, 1.82) is 0 Å². The number of halogens is 2. The molecule has 0 saturated carbocycles. The van der Waals surface area contributed by atoms with Crippen LogP contribution in [-0.2, 0) is 4.79 Å². The number of amides is 1. The topological polar surface area (TPSA) is 49.8 Å². The van der Waals surface area contributed by atoms with Crippen LogP contribution in [0.2, 0.25) is 5.02 Å². The van der Waals surface area contributed by atoms with Gasteiger partial charge in [0.2, 0.25) is 0 Å². The van der Waals surface area contributed by atoms with Crippen LogP contribution in [-0.4, -0.2) is 41.7 Å². The Morgan fingerprint density at radius 3 is 3.05 bits per heavy atom. The zero-order valence-electron chi connectivity index (χ0n) is 11.7. The van der Waals surface area contributed by atoms with E-state index < -0.39 is 0 Å².